The molecule has 8 N–H and O–H groups in total. The van der Waals surface area contributed by atoms with Crippen molar-refractivity contribution in [1.29, 1.82) is 0 Å². The number of aliphatic imine (C=N–C) groups is 1. The predicted octanol–water partition coefficient (Wildman–Crippen LogP) is 1.96. The summed E-state index contributed by atoms with van der Waals surface area (Å²) in [6.45, 7) is 3.44. The van der Waals surface area contributed by atoms with Crippen LogP contribution in [0.5, 0.6) is 11.5 Å². The summed E-state index contributed by atoms with van der Waals surface area (Å²) in [6, 6.07) is 8.42. The molecule has 0 saturated carbocycles. The van der Waals surface area contributed by atoms with Gasteiger partial charge in [-0.3, -0.25) is 20.5 Å². The van der Waals surface area contributed by atoms with Crippen LogP contribution in [0.3, 0.4) is 0 Å². The Morgan fingerprint density at radius 3 is 2.59 bits per heavy atom. The van der Waals surface area contributed by atoms with Crippen LogP contribution in [0.25, 0.3) is 11.0 Å². The molecule has 4 rings (SSSR count). The van der Waals surface area contributed by atoms with Gasteiger partial charge >= 0.3 is 0 Å². The Morgan fingerprint density at radius 2 is 2.00 bits per heavy atom. The number of aliphatic hydroxyl groups excluding tert-OH is 1. The molecule has 0 saturated heterocycles. The molecule has 0 fully saturated rings. The lowest BCUT2D eigenvalue weighted by molar-refractivity contribution is -0.0229. The molecule has 1 aliphatic heterocycles. The van der Waals surface area contributed by atoms with Crippen LogP contribution in [0, 0.1) is 0 Å². The number of benzene rings is 2. The van der Waals surface area contributed by atoms with E-state index in [9.17, 15) is 15.0 Å². The van der Waals surface area contributed by atoms with Crippen molar-refractivity contribution < 1.29 is 29.3 Å². The summed E-state index contributed by atoms with van der Waals surface area (Å²) in [5.74, 6) is 0.742. The van der Waals surface area contributed by atoms with Crippen LogP contribution in [0.1, 0.15) is 48.8 Å². The number of nitrogens with two attached hydrogens (primary N) is 2. The third-order valence-electron chi connectivity index (χ3n) is 6.44. The zero-order valence-corrected chi connectivity index (χ0v) is 20.9. The number of rotatable bonds is 9. The molecule has 0 amide bonds. The molecule has 2 aromatic carbocycles. The first kappa shape index (κ1) is 26.3. The third kappa shape index (κ3) is 5.33. The van der Waals surface area contributed by atoms with Crippen LogP contribution in [0.2, 0.25) is 0 Å². The number of guanidine groups is 1. The first-order valence-corrected chi connectivity index (χ1v) is 11.8. The van der Waals surface area contributed by atoms with E-state index >= 15 is 0 Å². The smallest absolute Gasteiger partial charge is 0.200 e. The van der Waals surface area contributed by atoms with Crippen molar-refractivity contribution in [2.75, 3.05) is 19.1 Å². The molecule has 2 atom stereocenters. The number of hydrogen-bond acceptors (Lipinski definition) is 9. The fraction of sp³-hybridized carbons (Fsp3) is 0.385. The Balaban J connectivity index is 1.88. The number of ether oxygens (including phenoxy) is 2. The highest BCUT2D eigenvalue weighted by atomic mass is 16.5. The summed E-state index contributed by atoms with van der Waals surface area (Å²) in [5.41, 5.74) is 13.8. The number of nitrogens with zero attached hydrogens (tertiary/aromatic N) is 1. The quantitative estimate of drug-likeness (QED) is 0.141. The van der Waals surface area contributed by atoms with Gasteiger partial charge in [0, 0.05) is 43.0 Å². The molecule has 0 radical (unpaired) electrons. The van der Waals surface area contributed by atoms with Crippen LogP contribution < -0.4 is 31.8 Å². The molecule has 3 aromatic rings. The molecule has 2 heterocycles. The number of fused-ring (bicyclic) bond motifs is 2. The molecule has 0 bridgehead atoms. The first-order chi connectivity index (χ1) is 17.5. The first-order valence-electron chi connectivity index (χ1n) is 11.8. The molecule has 0 unspecified atom stereocenters. The third-order valence-corrected chi connectivity index (χ3v) is 6.44. The average molecular weight is 513 g/mol. The summed E-state index contributed by atoms with van der Waals surface area (Å²) in [6.07, 6.45) is -1.08. The fourth-order valence-corrected chi connectivity index (χ4v) is 4.47. The Bertz CT molecular complexity index is 1370. The lowest BCUT2D eigenvalue weighted by Gasteiger charge is -2.24. The maximum absolute atomic E-state index is 14.0. The minimum absolute atomic E-state index is 0.0895. The number of aliphatic hydroxyl groups is 2. The molecule has 1 aliphatic rings. The summed E-state index contributed by atoms with van der Waals surface area (Å²) >= 11 is 0. The van der Waals surface area contributed by atoms with Gasteiger partial charge in [0.1, 0.15) is 40.4 Å². The topological polar surface area (TPSA) is 186 Å². The molecule has 1 aromatic heterocycles. The van der Waals surface area contributed by atoms with E-state index in [1.54, 1.807) is 44.2 Å². The number of methoxy groups -OCH3 is 1. The summed E-state index contributed by atoms with van der Waals surface area (Å²) in [4.78, 5) is 17.9. The standard InChI is InChI=1S/C26H32N4O7/c1-26(2,33)20-11-15-18(36-20)12-19-21(24(15)35-3)22(32)16(10-13-4-6-14(30-34)7-5-13)23(37-19)17(31)8-9-29-25(27)28/h4-7,12,17,20,30-31,33-34H,8-11H2,1-3H3,(H4,27,28,29)/t17-,20+/m1/s1. The SMILES string of the molecule is COc1c2c(cc3oc([C@H](O)CCN=C(N)N)c(Cc4ccc(NO)cc4)c(=O)c13)O[C@H](C(C)(C)O)C2. The second-order valence-corrected chi connectivity index (χ2v) is 9.59. The van der Waals surface area contributed by atoms with Gasteiger partial charge in [-0.1, -0.05) is 12.1 Å². The second kappa shape index (κ2) is 10.3. The Labute approximate surface area is 213 Å². The van der Waals surface area contributed by atoms with E-state index < -0.39 is 17.8 Å². The maximum Gasteiger partial charge on any atom is 0.200 e. The van der Waals surface area contributed by atoms with Crippen molar-refractivity contribution in [3.05, 3.63) is 63.0 Å². The van der Waals surface area contributed by atoms with E-state index in [2.05, 4.69) is 10.5 Å². The highest BCUT2D eigenvalue weighted by Crippen LogP contribution is 2.43. The van der Waals surface area contributed by atoms with Crippen molar-refractivity contribution in [1.82, 2.24) is 0 Å². The Morgan fingerprint density at radius 1 is 1.30 bits per heavy atom. The molecular formula is C26H32N4O7. The van der Waals surface area contributed by atoms with Gasteiger partial charge in [0.2, 0.25) is 0 Å². The normalized spacial score (nSPS) is 15.7. The van der Waals surface area contributed by atoms with Crippen LogP contribution in [-0.4, -0.2) is 46.7 Å². The van der Waals surface area contributed by atoms with Gasteiger partial charge in [-0.15, -0.1) is 0 Å². The Hall–Kier alpha value is -3.80. The predicted molar refractivity (Wildman–Crippen MR) is 138 cm³/mol. The molecular weight excluding hydrogens is 480 g/mol. The van der Waals surface area contributed by atoms with Gasteiger partial charge in [0.15, 0.2) is 11.4 Å². The van der Waals surface area contributed by atoms with Crippen LogP contribution in [0.4, 0.5) is 5.69 Å². The lowest BCUT2D eigenvalue weighted by atomic mass is 9.94. The van der Waals surface area contributed by atoms with Crippen molar-refractivity contribution in [2.45, 2.75) is 50.9 Å². The van der Waals surface area contributed by atoms with Gasteiger partial charge in [-0.25, -0.2) is 0 Å². The molecule has 0 spiro atoms. The molecule has 37 heavy (non-hydrogen) atoms. The van der Waals surface area contributed by atoms with E-state index in [0.717, 1.165) is 5.56 Å². The fourth-order valence-electron chi connectivity index (χ4n) is 4.47. The average Bonchev–Trinajstić information content (AvgIpc) is 3.29. The van der Waals surface area contributed by atoms with Crippen LogP contribution in [0.15, 0.2) is 44.5 Å². The van der Waals surface area contributed by atoms with Crippen molar-refractivity contribution in [3.8, 4) is 11.5 Å². The van der Waals surface area contributed by atoms with Gasteiger partial charge < -0.3 is 35.6 Å². The van der Waals surface area contributed by atoms with E-state index in [-0.39, 0.29) is 53.1 Å². The van der Waals surface area contributed by atoms with E-state index in [4.69, 9.17) is 30.6 Å². The van der Waals surface area contributed by atoms with Crippen molar-refractivity contribution >= 4 is 22.6 Å². The van der Waals surface area contributed by atoms with Crippen LogP contribution in [-0.2, 0) is 12.8 Å². The van der Waals surface area contributed by atoms with Gasteiger partial charge in [0.05, 0.1) is 18.4 Å². The summed E-state index contributed by atoms with van der Waals surface area (Å²) < 4.78 is 17.8. The van der Waals surface area contributed by atoms with Crippen LogP contribution >= 0.6 is 0 Å². The number of anilines is 1. The maximum atomic E-state index is 14.0. The van der Waals surface area contributed by atoms with E-state index in [1.165, 1.54) is 7.11 Å². The Kier molecular flexibility index (Phi) is 7.30. The monoisotopic (exact) mass is 512 g/mol. The minimum atomic E-state index is -1.17. The molecule has 11 heteroatoms. The lowest BCUT2D eigenvalue weighted by Crippen LogP contribution is -2.39. The number of hydrogen-bond donors (Lipinski definition) is 6. The van der Waals surface area contributed by atoms with Crippen molar-refractivity contribution in [3.63, 3.8) is 0 Å². The largest absolute Gasteiger partial charge is 0.495 e. The number of nitrogens with one attached hydrogen (secondary N) is 1. The molecule has 0 aliphatic carbocycles. The van der Waals surface area contributed by atoms with Crippen molar-refractivity contribution in [2.24, 2.45) is 16.5 Å². The zero-order valence-electron chi connectivity index (χ0n) is 20.9. The summed E-state index contributed by atoms with van der Waals surface area (Å²) in [7, 11) is 1.46. The van der Waals surface area contributed by atoms with E-state index in [1.807, 2.05) is 0 Å². The van der Waals surface area contributed by atoms with Gasteiger partial charge in [-0.2, -0.15) is 0 Å². The van der Waals surface area contributed by atoms with E-state index in [0.29, 0.717) is 29.2 Å². The molecule has 198 valence electrons. The second-order valence-electron chi connectivity index (χ2n) is 9.59. The molecule has 11 nitrogen and oxygen atoms in total. The van der Waals surface area contributed by atoms with Gasteiger partial charge in [0.25, 0.3) is 0 Å². The zero-order chi connectivity index (χ0) is 26.9. The summed E-state index contributed by atoms with van der Waals surface area (Å²) in [5, 5.41) is 30.8. The highest BCUT2D eigenvalue weighted by Gasteiger charge is 2.38. The van der Waals surface area contributed by atoms with Gasteiger partial charge in [-0.05, 0) is 31.5 Å². The minimum Gasteiger partial charge on any atom is -0.495 e. The highest BCUT2D eigenvalue weighted by molar-refractivity contribution is 5.88.